The molecule has 7 heteroatoms. The standard InChI is InChI=1S/C20H28N2O5/c23-19(16-1-2-17-18(13-16)27-12-11-26-17)21-14-20(3-7-24-8-4-20)15-22-5-9-25-10-6-22/h1-2,13H,3-12,14-15H2,(H,21,23). The van der Waals surface area contributed by atoms with Crippen molar-refractivity contribution < 1.29 is 23.7 Å². The van der Waals surface area contributed by atoms with Crippen molar-refractivity contribution in [3.63, 3.8) is 0 Å². The van der Waals surface area contributed by atoms with E-state index in [4.69, 9.17) is 18.9 Å². The summed E-state index contributed by atoms with van der Waals surface area (Å²) >= 11 is 0. The zero-order valence-electron chi connectivity index (χ0n) is 15.7. The van der Waals surface area contributed by atoms with E-state index in [1.165, 1.54) is 0 Å². The summed E-state index contributed by atoms with van der Waals surface area (Å²) in [6.45, 7) is 7.69. The van der Waals surface area contributed by atoms with Crippen molar-refractivity contribution in [2.45, 2.75) is 12.8 Å². The van der Waals surface area contributed by atoms with Crippen LogP contribution >= 0.6 is 0 Å². The molecule has 1 aromatic rings. The van der Waals surface area contributed by atoms with E-state index in [2.05, 4.69) is 10.2 Å². The SMILES string of the molecule is O=C(NCC1(CN2CCOCC2)CCOCC1)c1ccc2c(c1)OCCO2. The molecule has 0 saturated carbocycles. The van der Waals surface area contributed by atoms with E-state index in [9.17, 15) is 4.79 Å². The summed E-state index contributed by atoms with van der Waals surface area (Å²) in [7, 11) is 0. The Morgan fingerprint density at radius 1 is 0.963 bits per heavy atom. The first-order valence-electron chi connectivity index (χ1n) is 9.80. The normalized spacial score (nSPS) is 22.2. The number of amides is 1. The van der Waals surface area contributed by atoms with Crippen molar-refractivity contribution in [1.82, 2.24) is 10.2 Å². The largest absolute Gasteiger partial charge is 0.486 e. The molecule has 0 aliphatic carbocycles. The first-order chi connectivity index (χ1) is 13.2. The lowest BCUT2D eigenvalue weighted by molar-refractivity contribution is -0.0283. The van der Waals surface area contributed by atoms with Crippen LogP contribution in [0.25, 0.3) is 0 Å². The van der Waals surface area contributed by atoms with Crippen LogP contribution in [0.3, 0.4) is 0 Å². The van der Waals surface area contributed by atoms with Gasteiger partial charge in [-0.2, -0.15) is 0 Å². The summed E-state index contributed by atoms with van der Waals surface area (Å²) in [4.78, 5) is 15.2. The fourth-order valence-corrected chi connectivity index (χ4v) is 3.98. The Kier molecular flexibility index (Phi) is 5.80. The number of rotatable bonds is 5. The Morgan fingerprint density at radius 3 is 2.44 bits per heavy atom. The number of ether oxygens (including phenoxy) is 4. The molecule has 3 heterocycles. The van der Waals surface area contributed by atoms with E-state index < -0.39 is 0 Å². The van der Waals surface area contributed by atoms with Crippen LogP contribution in [0.15, 0.2) is 18.2 Å². The van der Waals surface area contributed by atoms with Gasteiger partial charge in [0.25, 0.3) is 5.91 Å². The van der Waals surface area contributed by atoms with Gasteiger partial charge < -0.3 is 24.3 Å². The highest BCUT2D eigenvalue weighted by Gasteiger charge is 2.35. The average molecular weight is 376 g/mol. The molecule has 0 spiro atoms. The monoisotopic (exact) mass is 376 g/mol. The molecular formula is C20H28N2O5. The van der Waals surface area contributed by atoms with E-state index in [0.29, 0.717) is 36.8 Å². The van der Waals surface area contributed by atoms with Crippen LogP contribution in [0, 0.1) is 5.41 Å². The number of hydrogen-bond acceptors (Lipinski definition) is 6. The van der Waals surface area contributed by atoms with Gasteiger partial charge in [0, 0.05) is 50.4 Å². The van der Waals surface area contributed by atoms with Crippen molar-refractivity contribution >= 4 is 5.91 Å². The first-order valence-corrected chi connectivity index (χ1v) is 9.80. The van der Waals surface area contributed by atoms with Gasteiger partial charge in [-0.3, -0.25) is 9.69 Å². The lowest BCUT2D eigenvalue weighted by atomic mass is 9.79. The molecule has 3 aliphatic heterocycles. The second-order valence-corrected chi connectivity index (χ2v) is 7.54. The first kappa shape index (κ1) is 18.5. The molecule has 148 valence electrons. The highest BCUT2D eigenvalue weighted by Crippen LogP contribution is 2.33. The molecule has 0 unspecified atom stereocenters. The minimum absolute atomic E-state index is 0.0546. The number of hydrogen-bond donors (Lipinski definition) is 1. The lowest BCUT2D eigenvalue weighted by Gasteiger charge is -2.42. The van der Waals surface area contributed by atoms with Crippen molar-refractivity contribution in [3.05, 3.63) is 23.8 Å². The second kappa shape index (κ2) is 8.46. The molecule has 3 aliphatic rings. The van der Waals surface area contributed by atoms with E-state index >= 15 is 0 Å². The van der Waals surface area contributed by atoms with Crippen molar-refractivity contribution in [2.24, 2.45) is 5.41 Å². The summed E-state index contributed by atoms with van der Waals surface area (Å²) in [6.07, 6.45) is 1.93. The molecule has 2 saturated heterocycles. The molecule has 0 radical (unpaired) electrons. The van der Waals surface area contributed by atoms with Gasteiger partial charge >= 0.3 is 0 Å². The third kappa shape index (κ3) is 4.54. The summed E-state index contributed by atoms with van der Waals surface area (Å²) in [5.74, 6) is 1.27. The predicted molar refractivity (Wildman–Crippen MR) is 99.5 cm³/mol. The highest BCUT2D eigenvalue weighted by molar-refractivity contribution is 5.94. The zero-order chi connectivity index (χ0) is 18.5. The summed E-state index contributed by atoms with van der Waals surface area (Å²) < 4.78 is 22.2. The fourth-order valence-electron chi connectivity index (χ4n) is 3.98. The summed E-state index contributed by atoms with van der Waals surface area (Å²) in [5.41, 5.74) is 0.659. The van der Waals surface area contributed by atoms with Crippen molar-refractivity contribution in [2.75, 3.05) is 65.8 Å². The Hall–Kier alpha value is -1.83. The predicted octanol–water partition coefficient (Wildman–Crippen LogP) is 1.32. The fraction of sp³-hybridized carbons (Fsp3) is 0.650. The number of nitrogens with zero attached hydrogens (tertiary/aromatic N) is 1. The van der Waals surface area contributed by atoms with Gasteiger partial charge in [0.05, 0.1) is 13.2 Å². The topological polar surface area (TPSA) is 69.3 Å². The molecule has 1 N–H and O–H groups in total. The van der Waals surface area contributed by atoms with E-state index in [-0.39, 0.29) is 11.3 Å². The van der Waals surface area contributed by atoms with Gasteiger partial charge in [-0.25, -0.2) is 0 Å². The van der Waals surface area contributed by atoms with E-state index in [1.807, 2.05) is 0 Å². The quantitative estimate of drug-likeness (QED) is 0.836. The molecule has 1 amide bonds. The molecule has 27 heavy (non-hydrogen) atoms. The Bertz CT molecular complexity index is 654. The second-order valence-electron chi connectivity index (χ2n) is 7.54. The molecule has 0 aromatic heterocycles. The van der Waals surface area contributed by atoms with Gasteiger partial charge in [-0.15, -0.1) is 0 Å². The average Bonchev–Trinajstić information content (AvgIpc) is 2.73. The number of carbonyl (C=O) groups excluding carboxylic acids is 1. The van der Waals surface area contributed by atoms with Crippen LogP contribution in [-0.2, 0) is 9.47 Å². The summed E-state index contributed by atoms with van der Waals surface area (Å²) in [5, 5.41) is 3.16. The molecular weight excluding hydrogens is 348 g/mol. The lowest BCUT2D eigenvalue weighted by Crippen LogP contribution is -2.50. The van der Waals surface area contributed by atoms with Crippen LogP contribution in [0.4, 0.5) is 0 Å². The molecule has 0 bridgehead atoms. The molecule has 7 nitrogen and oxygen atoms in total. The van der Waals surface area contributed by atoms with Crippen LogP contribution in [-0.4, -0.2) is 76.6 Å². The number of fused-ring (bicyclic) bond motifs is 1. The molecule has 1 aromatic carbocycles. The zero-order valence-corrected chi connectivity index (χ0v) is 15.7. The number of carbonyl (C=O) groups is 1. The smallest absolute Gasteiger partial charge is 0.251 e. The van der Waals surface area contributed by atoms with Gasteiger partial charge in [0.2, 0.25) is 0 Å². The van der Waals surface area contributed by atoms with E-state index in [1.54, 1.807) is 18.2 Å². The van der Waals surface area contributed by atoms with Gasteiger partial charge in [0.1, 0.15) is 13.2 Å². The maximum absolute atomic E-state index is 12.7. The van der Waals surface area contributed by atoms with Gasteiger partial charge in [-0.1, -0.05) is 0 Å². The maximum atomic E-state index is 12.7. The Morgan fingerprint density at radius 2 is 1.67 bits per heavy atom. The maximum Gasteiger partial charge on any atom is 0.251 e. The van der Waals surface area contributed by atoms with Crippen LogP contribution in [0.2, 0.25) is 0 Å². The van der Waals surface area contributed by atoms with Crippen molar-refractivity contribution in [3.8, 4) is 11.5 Å². The molecule has 2 fully saturated rings. The van der Waals surface area contributed by atoms with Gasteiger partial charge in [-0.05, 0) is 31.0 Å². The third-order valence-corrected chi connectivity index (χ3v) is 5.64. The number of nitrogens with one attached hydrogen (secondary N) is 1. The minimum atomic E-state index is -0.0696. The van der Waals surface area contributed by atoms with Crippen LogP contribution in [0.5, 0.6) is 11.5 Å². The number of benzene rings is 1. The minimum Gasteiger partial charge on any atom is -0.486 e. The van der Waals surface area contributed by atoms with E-state index in [0.717, 1.165) is 58.9 Å². The molecule has 0 atom stereocenters. The summed E-state index contributed by atoms with van der Waals surface area (Å²) in [6, 6.07) is 5.37. The third-order valence-electron chi connectivity index (χ3n) is 5.64. The number of morpholine rings is 1. The molecule has 4 rings (SSSR count). The van der Waals surface area contributed by atoms with Crippen LogP contribution < -0.4 is 14.8 Å². The van der Waals surface area contributed by atoms with Crippen molar-refractivity contribution in [1.29, 1.82) is 0 Å². The van der Waals surface area contributed by atoms with Crippen LogP contribution in [0.1, 0.15) is 23.2 Å². The highest BCUT2D eigenvalue weighted by atomic mass is 16.6. The van der Waals surface area contributed by atoms with Gasteiger partial charge in [0.15, 0.2) is 11.5 Å². The Balaban J connectivity index is 1.40. The Labute approximate surface area is 159 Å².